The lowest BCUT2D eigenvalue weighted by Crippen LogP contribution is -2.31. The molecule has 0 spiro atoms. The second-order valence-electron chi connectivity index (χ2n) is 9.66. The second kappa shape index (κ2) is 9.64. The van der Waals surface area contributed by atoms with E-state index < -0.39 is 0 Å². The van der Waals surface area contributed by atoms with Crippen LogP contribution < -0.4 is 5.32 Å². The number of rotatable bonds is 7. The lowest BCUT2D eigenvalue weighted by Gasteiger charge is -2.26. The fourth-order valence-electron chi connectivity index (χ4n) is 5.68. The van der Waals surface area contributed by atoms with Crippen molar-refractivity contribution in [1.82, 2.24) is 19.8 Å². The highest BCUT2D eigenvalue weighted by Crippen LogP contribution is 2.39. The first-order valence-corrected chi connectivity index (χ1v) is 13.9. The summed E-state index contributed by atoms with van der Waals surface area (Å²) in [6, 6.07) is 14.3. The van der Waals surface area contributed by atoms with Gasteiger partial charge in [-0.1, -0.05) is 30.7 Å². The number of aryl methyl sites for hydroxylation is 1. The minimum atomic E-state index is -0.341. The number of amides is 2. The predicted molar refractivity (Wildman–Crippen MR) is 147 cm³/mol. The van der Waals surface area contributed by atoms with E-state index in [1.165, 1.54) is 37.2 Å². The van der Waals surface area contributed by atoms with Crippen LogP contribution >= 0.6 is 11.8 Å². The fourth-order valence-corrected chi connectivity index (χ4v) is 6.11. The smallest absolute Gasteiger partial charge is 0.259 e. The zero-order valence-electron chi connectivity index (χ0n) is 20.5. The van der Waals surface area contributed by atoms with Crippen LogP contribution in [0.4, 0.5) is 0 Å². The van der Waals surface area contributed by atoms with Crippen LogP contribution in [0.15, 0.2) is 59.8 Å². The van der Waals surface area contributed by atoms with Gasteiger partial charge in [-0.25, -0.2) is 0 Å². The van der Waals surface area contributed by atoms with Gasteiger partial charge in [-0.3, -0.25) is 14.9 Å². The van der Waals surface area contributed by atoms with Crippen molar-refractivity contribution >= 4 is 56.5 Å². The van der Waals surface area contributed by atoms with Crippen LogP contribution in [0, 0.1) is 0 Å². The maximum atomic E-state index is 13.2. The highest BCUT2D eigenvalue weighted by Gasteiger charge is 2.35. The maximum Gasteiger partial charge on any atom is 0.259 e. The molecule has 0 atom stereocenters. The number of likely N-dealkylation sites (tertiary alicyclic amines) is 1. The minimum absolute atomic E-state index is 0.332. The number of thioether (sulfide) groups is 1. The van der Waals surface area contributed by atoms with Crippen LogP contribution in [0.3, 0.4) is 0 Å². The molecule has 2 aliphatic heterocycles. The van der Waals surface area contributed by atoms with E-state index in [1.54, 1.807) is 11.8 Å². The summed E-state index contributed by atoms with van der Waals surface area (Å²) in [5, 5.41) is 4.50. The first kappa shape index (κ1) is 23.1. The van der Waals surface area contributed by atoms with Crippen molar-refractivity contribution < 1.29 is 9.59 Å². The molecule has 0 saturated carbocycles. The van der Waals surface area contributed by atoms with E-state index in [-0.39, 0.29) is 11.8 Å². The number of benzene rings is 2. The van der Waals surface area contributed by atoms with E-state index >= 15 is 0 Å². The quantitative estimate of drug-likeness (QED) is 0.268. The van der Waals surface area contributed by atoms with E-state index in [9.17, 15) is 9.59 Å². The van der Waals surface area contributed by atoms with Gasteiger partial charge >= 0.3 is 0 Å². The average molecular weight is 499 g/mol. The number of carbonyl (C=O) groups excluding carboxylic acids is 2. The molecule has 2 aromatic heterocycles. The zero-order valence-corrected chi connectivity index (χ0v) is 21.3. The van der Waals surface area contributed by atoms with Gasteiger partial charge in [0.2, 0.25) is 0 Å². The first-order chi connectivity index (χ1) is 17.6. The standard InChI is InChI=1S/C29H30N4O2S/c1-36-19-10-11-21-23(18-33(25(21)16-19)15-7-14-32-12-5-2-6-13-32)27-26(28(34)31-29(27)35)22-17-30-24-9-4-3-8-20(22)24/h3-4,8-11,16-18,30H,2,5-7,12-15H2,1H3,(H,31,34,35). The maximum absolute atomic E-state index is 13.2. The third kappa shape index (κ3) is 4.06. The molecule has 6 nitrogen and oxygen atoms in total. The number of hydrogen-bond donors (Lipinski definition) is 2. The Bertz CT molecular complexity index is 1510. The summed E-state index contributed by atoms with van der Waals surface area (Å²) < 4.78 is 2.27. The summed E-state index contributed by atoms with van der Waals surface area (Å²) in [5.41, 5.74) is 4.53. The van der Waals surface area contributed by atoms with Gasteiger partial charge in [0.05, 0.1) is 11.1 Å². The van der Waals surface area contributed by atoms with Gasteiger partial charge < -0.3 is 14.5 Å². The van der Waals surface area contributed by atoms with E-state index in [0.717, 1.165) is 52.4 Å². The highest BCUT2D eigenvalue weighted by molar-refractivity contribution is 7.98. The molecule has 6 rings (SSSR count). The van der Waals surface area contributed by atoms with Crippen LogP contribution in [0.5, 0.6) is 0 Å². The number of aromatic amines is 1. The number of nitrogens with zero attached hydrogens (tertiary/aromatic N) is 2. The summed E-state index contributed by atoms with van der Waals surface area (Å²) in [6.45, 7) is 4.34. The Balaban J connectivity index is 1.45. The van der Waals surface area contributed by atoms with Crippen molar-refractivity contribution in [2.24, 2.45) is 0 Å². The predicted octanol–water partition coefficient (Wildman–Crippen LogP) is 5.29. The molecule has 4 heterocycles. The zero-order chi connectivity index (χ0) is 24.6. The molecule has 1 saturated heterocycles. The topological polar surface area (TPSA) is 70.1 Å². The molecule has 0 radical (unpaired) electrons. The summed E-state index contributed by atoms with van der Waals surface area (Å²) in [5.74, 6) is -0.673. The van der Waals surface area contributed by atoms with Gasteiger partial charge in [-0.2, -0.15) is 0 Å². The van der Waals surface area contributed by atoms with E-state index in [0.29, 0.717) is 11.1 Å². The van der Waals surface area contributed by atoms with Gasteiger partial charge in [0.1, 0.15) is 0 Å². The van der Waals surface area contributed by atoms with Crippen LogP contribution in [0.25, 0.3) is 33.0 Å². The molecule has 2 amide bonds. The van der Waals surface area contributed by atoms with Gasteiger partial charge in [-0.05, 0) is 63.4 Å². The molecule has 0 unspecified atom stereocenters. The fraction of sp³-hybridized carbons (Fsp3) is 0.310. The summed E-state index contributed by atoms with van der Waals surface area (Å²) >= 11 is 1.71. The Hall–Kier alpha value is -3.29. The minimum Gasteiger partial charge on any atom is -0.361 e. The number of piperidine rings is 1. The molecule has 2 aromatic carbocycles. The third-order valence-corrected chi connectivity index (χ3v) is 8.20. The lowest BCUT2D eigenvalue weighted by atomic mass is 9.95. The van der Waals surface area contributed by atoms with Crippen molar-refractivity contribution in [1.29, 1.82) is 0 Å². The normalized spacial score (nSPS) is 17.0. The highest BCUT2D eigenvalue weighted by atomic mass is 32.2. The van der Waals surface area contributed by atoms with Gasteiger partial charge in [0.15, 0.2) is 0 Å². The summed E-state index contributed by atoms with van der Waals surface area (Å²) in [4.78, 5) is 33.3. The number of H-pyrrole nitrogens is 1. The molecule has 0 bridgehead atoms. The first-order valence-electron chi connectivity index (χ1n) is 12.7. The number of hydrogen-bond acceptors (Lipinski definition) is 4. The molecule has 184 valence electrons. The van der Waals surface area contributed by atoms with E-state index in [1.807, 2.05) is 30.5 Å². The van der Waals surface area contributed by atoms with Crippen molar-refractivity contribution in [2.45, 2.75) is 37.1 Å². The van der Waals surface area contributed by atoms with Gasteiger partial charge in [-0.15, -0.1) is 11.8 Å². The number of nitrogens with one attached hydrogen (secondary N) is 2. The van der Waals surface area contributed by atoms with Gasteiger partial charge in [0.25, 0.3) is 11.8 Å². The number of para-hydroxylation sites is 1. The van der Waals surface area contributed by atoms with Crippen molar-refractivity contribution in [3.63, 3.8) is 0 Å². The molecule has 2 N–H and O–H groups in total. The largest absolute Gasteiger partial charge is 0.361 e. The lowest BCUT2D eigenvalue weighted by molar-refractivity contribution is -0.122. The molecule has 7 heteroatoms. The van der Waals surface area contributed by atoms with Crippen LogP contribution in [0.2, 0.25) is 0 Å². The Morgan fingerprint density at radius 3 is 2.47 bits per heavy atom. The van der Waals surface area contributed by atoms with Crippen molar-refractivity contribution in [3.05, 3.63) is 66.0 Å². The Labute approximate surface area is 214 Å². The van der Waals surface area contributed by atoms with E-state index in [2.05, 4.69) is 50.4 Å². The summed E-state index contributed by atoms with van der Waals surface area (Å²) in [7, 11) is 0. The Morgan fingerprint density at radius 2 is 1.67 bits per heavy atom. The van der Waals surface area contributed by atoms with Crippen molar-refractivity contribution in [3.8, 4) is 0 Å². The average Bonchev–Trinajstić information content (AvgIpc) is 3.57. The molecular formula is C29H30N4O2S. The van der Waals surface area contributed by atoms with Gasteiger partial charge in [0, 0.05) is 56.8 Å². The molecular weight excluding hydrogens is 468 g/mol. The number of imide groups is 1. The van der Waals surface area contributed by atoms with Crippen molar-refractivity contribution in [2.75, 3.05) is 25.9 Å². The Kier molecular flexibility index (Phi) is 6.19. The second-order valence-corrected chi connectivity index (χ2v) is 10.5. The SMILES string of the molecule is CSc1ccc2c(C3=C(c4c[nH]c5ccccc45)C(=O)NC3=O)cn(CCCN3CCCCC3)c2c1. The number of fused-ring (bicyclic) bond motifs is 2. The van der Waals surface area contributed by atoms with Crippen LogP contribution in [0.1, 0.15) is 36.8 Å². The summed E-state index contributed by atoms with van der Waals surface area (Å²) in [6.07, 6.45) is 11.0. The van der Waals surface area contributed by atoms with Crippen LogP contribution in [-0.4, -0.2) is 52.2 Å². The molecule has 36 heavy (non-hydrogen) atoms. The molecule has 4 aromatic rings. The molecule has 2 aliphatic rings. The van der Waals surface area contributed by atoms with Crippen LogP contribution in [-0.2, 0) is 16.1 Å². The number of aromatic nitrogens is 2. The molecule has 1 fully saturated rings. The monoisotopic (exact) mass is 498 g/mol. The Morgan fingerprint density at radius 1 is 0.889 bits per heavy atom. The van der Waals surface area contributed by atoms with E-state index in [4.69, 9.17) is 0 Å². The third-order valence-electron chi connectivity index (χ3n) is 7.47. The number of carbonyl (C=O) groups is 2. The molecule has 0 aliphatic carbocycles.